The number of hydrogen-bond donors (Lipinski definition) is 1. The summed E-state index contributed by atoms with van der Waals surface area (Å²) in [5.41, 5.74) is 3.76. The second kappa shape index (κ2) is 10.6. The molecule has 3 aromatic rings. The highest BCUT2D eigenvalue weighted by molar-refractivity contribution is 5.97. The Bertz CT molecular complexity index is 1210. The van der Waals surface area contributed by atoms with E-state index in [1.165, 1.54) is 6.42 Å². The van der Waals surface area contributed by atoms with Gasteiger partial charge in [0.15, 0.2) is 0 Å². The normalized spacial score (nSPS) is 14.4. The average molecular weight is 457 g/mol. The van der Waals surface area contributed by atoms with Gasteiger partial charge in [-0.05, 0) is 65.1 Å². The number of benzene rings is 3. The standard InChI is InChI=1S/C29H32N2O3/c1-30(2)25-16-15-22-11-7-12-24(27(22)19-25)20-31(29(34)23-9-4-3-5-10-23)26-13-6-8-21(18-26)14-17-28(32)33/h6-8,11-19,23H,3-5,9-10,20H2,1-2H3,(H,32,33)/b17-14+. The lowest BCUT2D eigenvalue weighted by Crippen LogP contribution is -2.36. The first-order chi connectivity index (χ1) is 16.4. The van der Waals surface area contributed by atoms with Crippen molar-refractivity contribution in [2.24, 2.45) is 5.92 Å². The molecule has 4 rings (SSSR count). The number of carbonyl (C=O) groups excluding carboxylic acids is 1. The van der Waals surface area contributed by atoms with Crippen molar-refractivity contribution in [2.75, 3.05) is 23.9 Å². The maximum atomic E-state index is 13.8. The molecule has 0 spiro atoms. The number of nitrogens with zero attached hydrogens (tertiary/aromatic N) is 2. The summed E-state index contributed by atoms with van der Waals surface area (Å²) >= 11 is 0. The summed E-state index contributed by atoms with van der Waals surface area (Å²) in [6.07, 6.45) is 7.91. The van der Waals surface area contributed by atoms with Crippen molar-refractivity contribution in [2.45, 2.75) is 38.6 Å². The number of carboxylic acids is 1. The highest BCUT2D eigenvalue weighted by Gasteiger charge is 2.27. The van der Waals surface area contributed by atoms with Gasteiger partial charge in [0.25, 0.3) is 0 Å². The van der Waals surface area contributed by atoms with E-state index < -0.39 is 5.97 Å². The number of aliphatic carboxylic acids is 1. The molecule has 0 saturated heterocycles. The fourth-order valence-electron chi connectivity index (χ4n) is 4.74. The van der Waals surface area contributed by atoms with Gasteiger partial charge in [0.2, 0.25) is 5.91 Å². The van der Waals surface area contributed by atoms with Crippen molar-refractivity contribution in [3.63, 3.8) is 0 Å². The van der Waals surface area contributed by atoms with E-state index in [0.717, 1.165) is 65.0 Å². The van der Waals surface area contributed by atoms with Crippen LogP contribution in [-0.2, 0) is 16.1 Å². The van der Waals surface area contributed by atoms with Crippen molar-refractivity contribution in [1.29, 1.82) is 0 Å². The minimum Gasteiger partial charge on any atom is -0.478 e. The van der Waals surface area contributed by atoms with Crippen LogP contribution in [0.15, 0.2) is 66.7 Å². The van der Waals surface area contributed by atoms with Crippen LogP contribution in [0, 0.1) is 5.92 Å². The molecule has 0 bridgehead atoms. The molecule has 0 aromatic heterocycles. The van der Waals surface area contributed by atoms with Crippen molar-refractivity contribution < 1.29 is 14.7 Å². The first-order valence-electron chi connectivity index (χ1n) is 11.9. The van der Waals surface area contributed by atoms with Gasteiger partial charge in [-0.2, -0.15) is 0 Å². The lowest BCUT2D eigenvalue weighted by atomic mass is 9.88. The predicted octanol–water partition coefficient (Wildman–Crippen LogP) is 6.12. The first kappa shape index (κ1) is 23.6. The van der Waals surface area contributed by atoms with Gasteiger partial charge in [-0.1, -0.05) is 55.7 Å². The summed E-state index contributed by atoms with van der Waals surface area (Å²) < 4.78 is 0. The Morgan fingerprint density at radius 2 is 1.71 bits per heavy atom. The summed E-state index contributed by atoms with van der Waals surface area (Å²) in [6, 6.07) is 20.2. The number of hydrogen-bond acceptors (Lipinski definition) is 3. The number of anilines is 2. The minimum absolute atomic E-state index is 0.0271. The van der Waals surface area contributed by atoms with Gasteiger partial charge in [-0.25, -0.2) is 4.79 Å². The van der Waals surface area contributed by atoms with Gasteiger partial charge in [-0.15, -0.1) is 0 Å². The Balaban J connectivity index is 1.75. The first-order valence-corrected chi connectivity index (χ1v) is 11.9. The molecule has 1 aliphatic rings. The highest BCUT2D eigenvalue weighted by Crippen LogP contribution is 2.31. The summed E-state index contributed by atoms with van der Waals surface area (Å²) in [6.45, 7) is 0.468. The van der Waals surface area contributed by atoms with Crippen molar-refractivity contribution in [1.82, 2.24) is 0 Å². The van der Waals surface area contributed by atoms with Gasteiger partial charge >= 0.3 is 5.97 Å². The van der Waals surface area contributed by atoms with Crippen LogP contribution in [-0.4, -0.2) is 31.1 Å². The van der Waals surface area contributed by atoms with Gasteiger partial charge < -0.3 is 14.9 Å². The SMILES string of the molecule is CN(C)c1ccc2cccc(CN(C(=O)C3CCCCC3)c3cccc(/C=C/C(=O)O)c3)c2c1. The largest absolute Gasteiger partial charge is 0.478 e. The molecule has 1 saturated carbocycles. The molecule has 1 N–H and O–H groups in total. The maximum absolute atomic E-state index is 13.8. The van der Waals surface area contributed by atoms with E-state index in [9.17, 15) is 9.59 Å². The van der Waals surface area contributed by atoms with E-state index in [-0.39, 0.29) is 11.8 Å². The zero-order chi connectivity index (χ0) is 24.1. The Kier molecular flexibility index (Phi) is 7.31. The smallest absolute Gasteiger partial charge is 0.328 e. The summed E-state index contributed by atoms with van der Waals surface area (Å²) in [7, 11) is 4.05. The Morgan fingerprint density at radius 3 is 2.44 bits per heavy atom. The Morgan fingerprint density at radius 1 is 0.941 bits per heavy atom. The molecule has 5 nitrogen and oxygen atoms in total. The van der Waals surface area contributed by atoms with Gasteiger partial charge in [0, 0.05) is 37.5 Å². The summed E-state index contributed by atoms with van der Waals surface area (Å²) in [5, 5.41) is 11.3. The second-order valence-corrected chi connectivity index (χ2v) is 9.24. The van der Waals surface area contributed by atoms with E-state index in [4.69, 9.17) is 5.11 Å². The lowest BCUT2D eigenvalue weighted by molar-refractivity contribution is -0.131. The molecule has 0 atom stereocenters. The molecule has 1 amide bonds. The fourth-order valence-corrected chi connectivity index (χ4v) is 4.74. The van der Waals surface area contributed by atoms with Crippen LogP contribution in [0.5, 0.6) is 0 Å². The zero-order valence-corrected chi connectivity index (χ0v) is 19.9. The van der Waals surface area contributed by atoms with E-state index in [0.29, 0.717) is 6.54 Å². The summed E-state index contributed by atoms with van der Waals surface area (Å²) in [5.74, 6) is -0.813. The lowest BCUT2D eigenvalue weighted by Gasteiger charge is -2.30. The van der Waals surface area contributed by atoms with Crippen LogP contribution in [0.4, 0.5) is 11.4 Å². The monoisotopic (exact) mass is 456 g/mol. The highest BCUT2D eigenvalue weighted by atomic mass is 16.4. The second-order valence-electron chi connectivity index (χ2n) is 9.24. The number of carboxylic acid groups (broad SMARTS) is 1. The number of carbonyl (C=O) groups is 2. The third-order valence-electron chi connectivity index (χ3n) is 6.62. The summed E-state index contributed by atoms with van der Waals surface area (Å²) in [4.78, 5) is 28.8. The Labute approximate surface area is 201 Å². The van der Waals surface area contributed by atoms with Crippen LogP contribution < -0.4 is 9.80 Å². The van der Waals surface area contributed by atoms with Crippen molar-refractivity contribution >= 4 is 40.1 Å². The maximum Gasteiger partial charge on any atom is 0.328 e. The van der Waals surface area contributed by atoms with Crippen molar-refractivity contribution in [3.05, 3.63) is 77.9 Å². The molecule has 176 valence electrons. The van der Waals surface area contributed by atoms with E-state index in [1.54, 1.807) is 6.08 Å². The number of amides is 1. The molecule has 3 aromatic carbocycles. The Hall–Kier alpha value is -3.60. The zero-order valence-electron chi connectivity index (χ0n) is 19.9. The van der Waals surface area contributed by atoms with Crippen molar-refractivity contribution in [3.8, 4) is 0 Å². The van der Waals surface area contributed by atoms with Gasteiger partial charge in [0.1, 0.15) is 0 Å². The molecular weight excluding hydrogens is 424 g/mol. The van der Waals surface area contributed by atoms with Crippen LogP contribution in [0.25, 0.3) is 16.8 Å². The molecule has 34 heavy (non-hydrogen) atoms. The topological polar surface area (TPSA) is 60.9 Å². The molecule has 0 unspecified atom stereocenters. The molecule has 1 aliphatic carbocycles. The quantitative estimate of drug-likeness (QED) is 0.435. The van der Waals surface area contributed by atoms with Gasteiger partial charge in [-0.3, -0.25) is 4.79 Å². The van der Waals surface area contributed by atoms with Crippen LogP contribution in [0.1, 0.15) is 43.2 Å². The third kappa shape index (κ3) is 5.48. The number of rotatable bonds is 7. The molecule has 0 radical (unpaired) electrons. The molecule has 0 heterocycles. The van der Waals surface area contributed by atoms with E-state index >= 15 is 0 Å². The van der Waals surface area contributed by atoms with E-state index in [1.807, 2.05) is 49.3 Å². The predicted molar refractivity (Wildman–Crippen MR) is 139 cm³/mol. The molecule has 0 aliphatic heterocycles. The molecule has 1 fully saturated rings. The van der Waals surface area contributed by atoms with Crippen LogP contribution in [0.3, 0.4) is 0 Å². The average Bonchev–Trinajstić information content (AvgIpc) is 2.86. The minimum atomic E-state index is -0.993. The fraction of sp³-hybridized carbons (Fsp3) is 0.310. The third-order valence-corrected chi connectivity index (χ3v) is 6.62. The number of fused-ring (bicyclic) bond motifs is 1. The van der Waals surface area contributed by atoms with Crippen LogP contribution in [0.2, 0.25) is 0 Å². The van der Waals surface area contributed by atoms with Gasteiger partial charge in [0.05, 0.1) is 6.54 Å². The molecular formula is C29H32N2O3. The van der Waals surface area contributed by atoms with Crippen LogP contribution >= 0.6 is 0 Å². The molecule has 5 heteroatoms. The van der Waals surface area contributed by atoms with E-state index in [2.05, 4.69) is 35.2 Å².